The second kappa shape index (κ2) is 29.5. The van der Waals surface area contributed by atoms with Gasteiger partial charge in [0.15, 0.2) is 0 Å². The number of hydrogen-bond acceptors (Lipinski definition) is 16. The molecule has 0 atom stereocenters. The lowest BCUT2D eigenvalue weighted by Crippen LogP contribution is -2.54. The number of hydrogen-bond donors (Lipinski definition) is 0. The lowest BCUT2D eigenvalue weighted by molar-refractivity contribution is -0.236. The minimum Gasteiger partial charge on any atom is -0.377 e. The van der Waals surface area contributed by atoms with Crippen molar-refractivity contribution in [3.05, 3.63) is 0 Å². The summed E-state index contributed by atoms with van der Waals surface area (Å²) in [6, 6.07) is 1.34. The van der Waals surface area contributed by atoms with E-state index in [1.165, 1.54) is 112 Å². The molecular weight excluding hydrogens is 912 g/mol. The molecule has 0 aromatic rings. The van der Waals surface area contributed by atoms with Gasteiger partial charge in [0.2, 0.25) is 5.91 Å². The van der Waals surface area contributed by atoms with Crippen molar-refractivity contribution >= 4 is 49.9 Å². The van der Waals surface area contributed by atoms with Crippen molar-refractivity contribution in [1.29, 1.82) is 0 Å². The molecule has 17 nitrogen and oxygen atoms in total. The van der Waals surface area contributed by atoms with Gasteiger partial charge in [-0.2, -0.15) is 13.2 Å². The molecule has 0 spiro atoms. The summed E-state index contributed by atoms with van der Waals surface area (Å²) in [5.74, 6) is -0.407. The van der Waals surface area contributed by atoms with Gasteiger partial charge >= 0.3 is 50.2 Å². The molecule has 0 radical (unpaired) electrons. The molecule has 0 N–H and O–H groups in total. The number of carbonyl (C=O) groups is 1. The van der Waals surface area contributed by atoms with Gasteiger partial charge in [-0.15, -0.1) is 0 Å². The minimum absolute atomic E-state index is 0.00488. The molecule has 0 aliphatic rings. The molecule has 0 fully saturated rings. The van der Waals surface area contributed by atoms with E-state index in [0.717, 1.165) is 0 Å². The molecular formula is C37H82F3NO16Si5. The summed E-state index contributed by atoms with van der Waals surface area (Å²) in [6.45, 7) is 1.10. The normalized spacial score (nSPS) is 13.9. The lowest BCUT2D eigenvalue weighted by Gasteiger charge is -2.44. The van der Waals surface area contributed by atoms with E-state index in [2.05, 4.69) is 0 Å². The Morgan fingerprint density at radius 3 is 0.790 bits per heavy atom. The molecule has 372 valence electrons. The van der Waals surface area contributed by atoms with Gasteiger partial charge in [-0.25, -0.2) is 0 Å². The molecule has 1 amide bonds. The highest BCUT2D eigenvalue weighted by Gasteiger charge is 2.57. The highest BCUT2D eigenvalue weighted by molar-refractivity contribution is 6.62. The van der Waals surface area contributed by atoms with Gasteiger partial charge in [0, 0.05) is 155 Å². The smallest absolute Gasteiger partial charge is 0.377 e. The Morgan fingerprint density at radius 2 is 0.613 bits per heavy atom. The first kappa shape index (κ1) is 61.7. The number of carbonyl (C=O) groups excluding carboxylic acids is 1. The zero-order chi connectivity index (χ0) is 47.8. The van der Waals surface area contributed by atoms with Crippen LogP contribution in [0.4, 0.5) is 13.2 Å². The van der Waals surface area contributed by atoms with Gasteiger partial charge < -0.3 is 71.3 Å². The van der Waals surface area contributed by atoms with Crippen LogP contribution in [0.5, 0.6) is 0 Å². The van der Waals surface area contributed by atoms with E-state index in [1.54, 1.807) is 6.92 Å². The van der Waals surface area contributed by atoms with Crippen LogP contribution in [0.15, 0.2) is 0 Å². The first-order valence-corrected chi connectivity index (χ1v) is 30.6. The Bertz CT molecular complexity index is 1070. The molecule has 0 heterocycles. The summed E-state index contributed by atoms with van der Waals surface area (Å²) >= 11 is 0. The van der Waals surface area contributed by atoms with Gasteiger partial charge in [-0.1, -0.05) is 0 Å². The first-order chi connectivity index (χ1) is 29.3. The summed E-state index contributed by atoms with van der Waals surface area (Å²) < 4.78 is 133. The van der Waals surface area contributed by atoms with Crippen molar-refractivity contribution in [2.75, 3.05) is 120 Å². The quantitative estimate of drug-likeness (QED) is 0.0602. The van der Waals surface area contributed by atoms with Crippen molar-refractivity contribution in [3.8, 4) is 0 Å². The van der Waals surface area contributed by atoms with E-state index in [-0.39, 0.29) is 63.6 Å². The van der Waals surface area contributed by atoms with Crippen LogP contribution in [0.1, 0.15) is 71.1 Å². The van der Waals surface area contributed by atoms with E-state index >= 15 is 18.0 Å². The zero-order valence-corrected chi connectivity index (χ0v) is 45.6. The average Bonchev–Trinajstić information content (AvgIpc) is 3.30. The fraction of sp³-hybridized carbons (Fsp3) is 0.973. The second-order valence-electron chi connectivity index (χ2n) is 15.1. The van der Waals surface area contributed by atoms with Crippen molar-refractivity contribution in [3.63, 3.8) is 0 Å². The molecule has 0 saturated carbocycles. The molecule has 0 saturated heterocycles. The Morgan fingerprint density at radius 1 is 0.403 bits per heavy atom. The van der Waals surface area contributed by atoms with Crippen LogP contribution in [-0.4, -0.2) is 181 Å². The maximum Gasteiger partial charge on any atom is 0.500 e. The zero-order valence-electron chi connectivity index (χ0n) is 40.6. The Kier molecular flexibility index (Phi) is 29.4. The van der Waals surface area contributed by atoms with E-state index in [9.17, 15) is 0 Å². The van der Waals surface area contributed by atoms with Crippen LogP contribution in [0.2, 0.25) is 30.2 Å². The average molecular weight is 994 g/mol. The van der Waals surface area contributed by atoms with Crippen LogP contribution in [-0.2, 0) is 71.2 Å². The van der Waals surface area contributed by atoms with Crippen molar-refractivity contribution in [1.82, 2.24) is 4.90 Å². The molecule has 0 aliphatic carbocycles. The Balaban J connectivity index is 7.75. The van der Waals surface area contributed by atoms with Crippen molar-refractivity contribution in [2.24, 2.45) is 10.8 Å². The summed E-state index contributed by atoms with van der Waals surface area (Å²) in [5.41, 5.74) is -3.56. The van der Waals surface area contributed by atoms with Gasteiger partial charge in [0.25, 0.3) is 0 Å². The highest BCUT2D eigenvalue weighted by Crippen LogP contribution is 2.49. The first-order valence-electron chi connectivity index (χ1n) is 20.9. The molecule has 0 aromatic carbocycles. The largest absolute Gasteiger partial charge is 0.500 e. The van der Waals surface area contributed by atoms with Crippen molar-refractivity contribution < 1.29 is 84.4 Å². The van der Waals surface area contributed by atoms with E-state index < -0.39 is 73.5 Å². The second-order valence-corrected chi connectivity index (χ2v) is 30.6. The maximum atomic E-state index is 16.1. The molecule has 62 heavy (non-hydrogen) atoms. The van der Waals surface area contributed by atoms with Crippen LogP contribution in [0.25, 0.3) is 0 Å². The lowest BCUT2D eigenvalue weighted by atomic mass is 9.73. The third kappa shape index (κ3) is 16.8. The molecule has 0 rings (SSSR count). The standard InChI is InChI=1S/C37H82F3NO16Si5/c1-17-41(33-36(37(38,39)40,26-21-31-61(52-11,53-12)54-13)27-22-32-62(55-14,56-15)57-16)34(42)35(23-18-28-58(43-2,44-3)45-4,24-19-29-59(46-5,47-6)48-7)25-20-30-60(49-8,50-9)51-10/h17-33H2,1-16H3. The Labute approximate surface area is 376 Å². The van der Waals surface area contributed by atoms with Crippen LogP contribution in [0, 0.1) is 10.8 Å². The molecule has 0 bridgehead atoms. The highest BCUT2D eigenvalue weighted by atomic mass is 28.4. The van der Waals surface area contributed by atoms with Crippen LogP contribution >= 0.6 is 0 Å². The number of rotatable bonds is 39. The van der Waals surface area contributed by atoms with Gasteiger partial charge in [-0.3, -0.25) is 4.79 Å². The monoisotopic (exact) mass is 993 g/mol. The predicted octanol–water partition coefficient (Wildman–Crippen LogP) is 6.66. The van der Waals surface area contributed by atoms with Crippen LogP contribution in [0.3, 0.4) is 0 Å². The predicted molar refractivity (Wildman–Crippen MR) is 237 cm³/mol. The summed E-state index contributed by atoms with van der Waals surface area (Å²) in [4.78, 5) is 17.0. The number of amides is 1. The molecule has 0 unspecified atom stereocenters. The van der Waals surface area contributed by atoms with E-state index in [1.807, 2.05) is 0 Å². The van der Waals surface area contributed by atoms with E-state index in [4.69, 9.17) is 66.4 Å². The maximum absolute atomic E-state index is 16.1. The number of alkyl halides is 3. The minimum atomic E-state index is -4.75. The van der Waals surface area contributed by atoms with E-state index in [0.29, 0.717) is 37.4 Å². The molecule has 0 aliphatic heterocycles. The topological polar surface area (TPSA) is 159 Å². The number of halogens is 3. The molecule has 0 aromatic heterocycles. The third-order valence-electron chi connectivity index (χ3n) is 12.6. The third-order valence-corrected chi connectivity index (χ3v) is 26.7. The van der Waals surface area contributed by atoms with Gasteiger partial charge in [-0.05, 0) is 71.1 Å². The fourth-order valence-electron chi connectivity index (χ4n) is 8.38. The summed E-state index contributed by atoms with van der Waals surface area (Å²) in [6.07, 6.45) is -3.25. The van der Waals surface area contributed by atoms with Crippen LogP contribution < -0.4 is 0 Å². The summed E-state index contributed by atoms with van der Waals surface area (Å²) in [7, 11) is 6.27. The summed E-state index contributed by atoms with van der Waals surface area (Å²) in [5, 5.41) is 0. The Hall–Kier alpha value is -0.256. The van der Waals surface area contributed by atoms with Crippen molar-refractivity contribution in [2.45, 2.75) is 108 Å². The van der Waals surface area contributed by atoms with Gasteiger partial charge in [0.1, 0.15) is 0 Å². The SMILES string of the molecule is CCN(CC(CCC[Si](OC)(OC)OC)(CCC[Si](OC)(OC)OC)C(F)(F)F)C(=O)C(CCC[Si](OC)(OC)OC)(CCC[Si](OC)(OC)OC)CCC[Si](OC)(OC)OC. The van der Waals surface area contributed by atoms with Gasteiger partial charge in [0.05, 0.1) is 5.41 Å². The molecule has 25 heteroatoms. The number of nitrogens with zero attached hydrogens (tertiary/aromatic N) is 1. The fourth-order valence-corrected chi connectivity index (χ4v) is 17.0.